The second-order valence-corrected chi connectivity index (χ2v) is 6.41. The lowest BCUT2D eigenvalue weighted by molar-refractivity contribution is -0.141. The number of anilines is 3. The maximum atomic E-state index is 13.1. The van der Waals surface area contributed by atoms with E-state index in [1.165, 1.54) is 4.90 Å². The van der Waals surface area contributed by atoms with Gasteiger partial charge in [0.1, 0.15) is 5.82 Å². The Morgan fingerprint density at radius 3 is 2.52 bits per heavy atom. The molecule has 0 unspecified atom stereocenters. The highest BCUT2D eigenvalue weighted by atomic mass is 19.4. The molecule has 1 aromatic heterocycles. The average molecular weight is 381 g/mol. The number of para-hydroxylation sites is 1. The molecule has 27 heavy (non-hydrogen) atoms. The van der Waals surface area contributed by atoms with Crippen molar-refractivity contribution in [1.82, 2.24) is 9.97 Å². The van der Waals surface area contributed by atoms with Gasteiger partial charge >= 0.3 is 6.18 Å². The number of morpholine rings is 1. The van der Waals surface area contributed by atoms with Crippen LogP contribution in [0.1, 0.15) is 11.3 Å². The minimum absolute atomic E-state index is 0.0506. The summed E-state index contributed by atoms with van der Waals surface area (Å²) in [6.45, 7) is 3.20. The number of hydrogen-bond acceptors (Lipinski definition) is 6. The monoisotopic (exact) mass is 381 g/mol. The standard InChI is InChI=1S/C18H22F3N5O/c1-25(2)16-11-15(18(19,20)21)23-17(24-16)22-12-13-5-3-4-6-14(13)26-7-9-27-10-8-26/h3-6,11H,7-10,12H2,1-2H3,(H,22,23,24). The lowest BCUT2D eigenvalue weighted by Gasteiger charge is -2.30. The van der Waals surface area contributed by atoms with E-state index in [4.69, 9.17) is 4.74 Å². The Bertz CT molecular complexity index is 776. The normalized spacial score (nSPS) is 14.9. The maximum absolute atomic E-state index is 13.1. The Balaban J connectivity index is 1.82. The molecule has 0 saturated carbocycles. The summed E-state index contributed by atoms with van der Waals surface area (Å²) in [5, 5.41) is 2.94. The number of nitrogens with one attached hydrogen (secondary N) is 1. The Morgan fingerprint density at radius 1 is 1.15 bits per heavy atom. The van der Waals surface area contributed by atoms with E-state index in [-0.39, 0.29) is 11.8 Å². The fraction of sp³-hybridized carbons (Fsp3) is 0.444. The van der Waals surface area contributed by atoms with Gasteiger partial charge in [-0.25, -0.2) is 4.98 Å². The minimum atomic E-state index is -4.53. The average Bonchev–Trinajstić information content (AvgIpc) is 2.66. The van der Waals surface area contributed by atoms with Gasteiger partial charge in [-0.1, -0.05) is 18.2 Å². The van der Waals surface area contributed by atoms with Gasteiger partial charge in [-0.2, -0.15) is 18.2 Å². The van der Waals surface area contributed by atoms with Gasteiger partial charge in [0.05, 0.1) is 13.2 Å². The van der Waals surface area contributed by atoms with Crippen LogP contribution in [0, 0.1) is 0 Å². The first-order chi connectivity index (χ1) is 12.8. The second-order valence-electron chi connectivity index (χ2n) is 6.41. The van der Waals surface area contributed by atoms with E-state index in [1.54, 1.807) is 14.1 Å². The van der Waals surface area contributed by atoms with Gasteiger partial charge < -0.3 is 19.9 Å². The van der Waals surface area contributed by atoms with Crippen LogP contribution < -0.4 is 15.1 Å². The highest BCUT2D eigenvalue weighted by Crippen LogP contribution is 2.30. The molecule has 2 heterocycles. The Labute approximate surface area is 156 Å². The highest BCUT2D eigenvalue weighted by Gasteiger charge is 2.34. The van der Waals surface area contributed by atoms with E-state index in [2.05, 4.69) is 20.2 Å². The van der Waals surface area contributed by atoms with Crippen LogP contribution in [-0.4, -0.2) is 50.4 Å². The van der Waals surface area contributed by atoms with Crippen LogP contribution in [0.25, 0.3) is 0 Å². The molecular weight excluding hydrogens is 359 g/mol. The molecule has 1 aliphatic rings. The van der Waals surface area contributed by atoms with Crippen molar-refractivity contribution in [3.8, 4) is 0 Å². The zero-order chi connectivity index (χ0) is 19.4. The van der Waals surface area contributed by atoms with Crippen molar-refractivity contribution in [3.05, 3.63) is 41.6 Å². The van der Waals surface area contributed by atoms with Crippen molar-refractivity contribution in [3.63, 3.8) is 0 Å². The van der Waals surface area contributed by atoms with Gasteiger partial charge in [0.25, 0.3) is 0 Å². The Hall–Kier alpha value is -2.55. The fourth-order valence-corrected chi connectivity index (χ4v) is 2.84. The first-order valence-corrected chi connectivity index (χ1v) is 8.62. The molecule has 6 nitrogen and oxygen atoms in total. The number of rotatable bonds is 5. The van der Waals surface area contributed by atoms with Crippen LogP contribution in [-0.2, 0) is 17.5 Å². The molecule has 2 aromatic rings. The summed E-state index contributed by atoms with van der Waals surface area (Å²) in [4.78, 5) is 11.5. The van der Waals surface area contributed by atoms with Crippen molar-refractivity contribution >= 4 is 17.5 Å². The number of nitrogens with zero attached hydrogens (tertiary/aromatic N) is 4. The van der Waals surface area contributed by atoms with Crippen LogP contribution in [0.5, 0.6) is 0 Å². The first-order valence-electron chi connectivity index (χ1n) is 8.62. The summed E-state index contributed by atoms with van der Waals surface area (Å²) in [6, 6.07) is 8.73. The third-order valence-corrected chi connectivity index (χ3v) is 4.24. The SMILES string of the molecule is CN(C)c1cc(C(F)(F)F)nc(NCc2ccccc2N2CCOCC2)n1. The van der Waals surface area contributed by atoms with Gasteiger partial charge in [0.2, 0.25) is 5.95 Å². The van der Waals surface area contributed by atoms with E-state index in [0.717, 1.165) is 30.4 Å². The van der Waals surface area contributed by atoms with E-state index in [9.17, 15) is 13.2 Å². The van der Waals surface area contributed by atoms with E-state index in [0.29, 0.717) is 19.8 Å². The molecule has 0 atom stereocenters. The van der Waals surface area contributed by atoms with E-state index < -0.39 is 11.9 Å². The summed E-state index contributed by atoms with van der Waals surface area (Å²) < 4.78 is 44.8. The topological polar surface area (TPSA) is 53.5 Å². The fourth-order valence-electron chi connectivity index (χ4n) is 2.84. The van der Waals surface area contributed by atoms with E-state index in [1.807, 2.05) is 24.3 Å². The molecule has 1 fully saturated rings. The van der Waals surface area contributed by atoms with Gasteiger partial charge in [-0.3, -0.25) is 0 Å². The summed E-state index contributed by atoms with van der Waals surface area (Å²) in [5.41, 5.74) is 1.03. The first kappa shape index (κ1) is 19.2. The molecule has 1 saturated heterocycles. The van der Waals surface area contributed by atoms with Crippen molar-refractivity contribution in [1.29, 1.82) is 0 Å². The molecule has 9 heteroatoms. The summed E-state index contributed by atoms with van der Waals surface area (Å²) >= 11 is 0. The molecule has 1 aromatic carbocycles. The largest absolute Gasteiger partial charge is 0.433 e. The number of ether oxygens (including phenoxy) is 1. The van der Waals surface area contributed by atoms with Crippen molar-refractivity contribution in [2.45, 2.75) is 12.7 Å². The van der Waals surface area contributed by atoms with Gasteiger partial charge in [0.15, 0.2) is 5.69 Å². The van der Waals surface area contributed by atoms with Crippen molar-refractivity contribution < 1.29 is 17.9 Å². The number of benzene rings is 1. The molecule has 0 amide bonds. The zero-order valence-electron chi connectivity index (χ0n) is 15.3. The number of alkyl halides is 3. The maximum Gasteiger partial charge on any atom is 0.433 e. The van der Waals surface area contributed by atoms with Crippen LogP contribution in [0.4, 0.5) is 30.6 Å². The Morgan fingerprint density at radius 2 is 1.85 bits per heavy atom. The van der Waals surface area contributed by atoms with Gasteiger partial charge in [0, 0.05) is 45.5 Å². The number of aromatic nitrogens is 2. The van der Waals surface area contributed by atoms with Crippen LogP contribution in [0.2, 0.25) is 0 Å². The second kappa shape index (κ2) is 7.99. The smallest absolute Gasteiger partial charge is 0.378 e. The molecule has 0 bridgehead atoms. The van der Waals surface area contributed by atoms with E-state index >= 15 is 0 Å². The molecule has 0 radical (unpaired) electrons. The molecular formula is C18H22F3N5O. The highest BCUT2D eigenvalue weighted by molar-refractivity contribution is 5.55. The number of hydrogen-bond donors (Lipinski definition) is 1. The van der Waals surface area contributed by atoms with Crippen LogP contribution in [0.3, 0.4) is 0 Å². The van der Waals surface area contributed by atoms with Gasteiger partial charge in [-0.05, 0) is 11.6 Å². The molecule has 1 aliphatic heterocycles. The third-order valence-electron chi connectivity index (χ3n) is 4.24. The summed E-state index contributed by atoms with van der Waals surface area (Å²) in [6.07, 6.45) is -4.53. The quantitative estimate of drug-likeness (QED) is 0.859. The van der Waals surface area contributed by atoms with Gasteiger partial charge in [-0.15, -0.1) is 0 Å². The predicted molar refractivity (Wildman–Crippen MR) is 98.2 cm³/mol. The molecule has 146 valence electrons. The lowest BCUT2D eigenvalue weighted by Crippen LogP contribution is -2.36. The van der Waals surface area contributed by atoms with Crippen LogP contribution in [0.15, 0.2) is 30.3 Å². The Kier molecular flexibility index (Phi) is 5.69. The summed E-state index contributed by atoms with van der Waals surface area (Å²) in [5.74, 6) is 0.145. The third kappa shape index (κ3) is 4.79. The lowest BCUT2D eigenvalue weighted by atomic mass is 10.1. The number of halogens is 3. The van der Waals surface area contributed by atoms with Crippen LogP contribution >= 0.6 is 0 Å². The molecule has 0 spiro atoms. The summed E-state index contributed by atoms with van der Waals surface area (Å²) in [7, 11) is 3.28. The van der Waals surface area contributed by atoms with Crippen molar-refractivity contribution in [2.75, 3.05) is 55.5 Å². The minimum Gasteiger partial charge on any atom is -0.378 e. The van der Waals surface area contributed by atoms with Crippen molar-refractivity contribution in [2.24, 2.45) is 0 Å². The predicted octanol–water partition coefficient (Wildman–Crippen LogP) is 3.01. The molecule has 0 aliphatic carbocycles. The molecule has 1 N–H and O–H groups in total. The molecule has 3 rings (SSSR count). The zero-order valence-corrected chi connectivity index (χ0v) is 15.3.